The highest BCUT2D eigenvalue weighted by molar-refractivity contribution is 7.16. The number of halogens is 1. The van der Waals surface area contributed by atoms with E-state index in [2.05, 4.69) is 11.4 Å². The summed E-state index contributed by atoms with van der Waals surface area (Å²) in [5, 5.41) is 3.69. The molecule has 0 spiro atoms. The van der Waals surface area contributed by atoms with Crippen LogP contribution in [0.25, 0.3) is 0 Å². The third-order valence-electron chi connectivity index (χ3n) is 4.86. The Labute approximate surface area is 125 Å². The van der Waals surface area contributed by atoms with Gasteiger partial charge in [-0.3, -0.25) is 0 Å². The predicted molar refractivity (Wildman–Crippen MR) is 84.2 cm³/mol. The molecule has 1 aromatic rings. The highest BCUT2D eigenvalue weighted by atomic mass is 35.5. The molecule has 0 unspecified atom stereocenters. The van der Waals surface area contributed by atoms with Gasteiger partial charge in [0.25, 0.3) is 0 Å². The lowest BCUT2D eigenvalue weighted by molar-refractivity contribution is 0.245. The standard InChI is InChI=1S/C16H24ClNS/c17-15-6-5-14(19-15)7-10-16(8-1-2-9-16)11-12-18-13-3-4-13/h5-6,13,18H,1-4,7-12H2. The van der Waals surface area contributed by atoms with E-state index in [0.717, 1.165) is 10.4 Å². The molecule has 2 saturated carbocycles. The van der Waals surface area contributed by atoms with Crippen LogP contribution in [0, 0.1) is 5.41 Å². The first-order chi connectivity index (χ1) is 9.26. The third-order valence-corrected chi connectivity index (χ3v) is 6.15. The van der Waals surface area contributed by atoms with Crippen molar-refractivity contribution in [3.8, 4) is 0 Å². The number of thiophene rings is 1. The van der Waals surface area contributed by atoms with Crippen LogP contribution in [0.3, 0.4) is 0 Å². The number of aryl methyl sites for hydroxylation is 1. The zero-order valence-corrected chi connectivity index (χ0v) is 13.2. The second-order valence-electron chi connectivity index (χ2n) is 6.39. The second-order valence-corrected chi connectivity index (χ2v) is 8.19. The van der Waals surface area contributed by atoms with Gasteiger partial charge in [0.05, 0.1) is 4.34 Å². The van der Waals surface area contributed by atoms with E-state index in [1.807, 2.05) is 6.07 Å². The molecule has 0 aromatic carbocycles. The summed E-state index contributed by atoms with van der Waals surface area (Å²) in [5.41, 5.74) is 0.623. The first-order valence-corrected chi connectivity index (χ1v) is 8.93. The number of nitrogens with one attached hydrogen (secondary N) is 1. The van der Waals surface area contributed by atoms with E-state index in [4.69, 9.17) is 11.6 Å². The number of hydrogen-bond donors (Lipinski definition) is 1. The average Bonchev–Trinajstić information content (AvgIpc) is 2.94. The molecule has 1 N–H and O–H groups in total. The summed E-state index contributed by atoms with van der Waals surface area (Å²) >= 11 is 7.78. The van der Waals surface area contributed by atoms with E-state index in [9.17, 15) is 0 Å². The maximum Gasteiger partial charge on any atom is 0.0931 e. The van der Waals surface area contributed by atoms with E-state index in [1.165, 1.54) is 69.2 Å². The molecule has 106 valence electrons. The minimum atomic E-state index is 0.623. The smallest absolute Gasteiger partial charge is 0.0931 e. The van der Waals surface area contributed by atoms with Crippen molar-refractivity contribution < 1.29 is 0 Å². The molecule has 0 radical (unpaired) electrons. The molecule has 1 heterocycles. The Balaban J connectivity index is 1.50. The monoisotopic (exact) mass is 297 g/mol. The van der Waals surface area contributed by atoms with E-state index in [0.29, 0.717) is 5.41 Å². The van der Waals surface area contributed by atoms with Crippen LogP contribution in [-0.2, 0) is 6.42 Å². The Morgan fingerprint density at radius 1 is 1.21 bits per heavy atom. The molecule has 3 rings (SSSR count). The third kappa shape index (κ3) is 3.96. The molecule has 3 heteroatoms. The van der Waals surface area contributed by atoms with Gasteiger partial charge in [-0.05, 0) is 69.0 Å². The minimum absolute atomic E-state index is 0.623. The molecule has 0 amide bonds. The lowest BCUT2D eigenvalue weighted by Gasteiger charge is -2.29. The molecule has 2 fully saturated rings. The average molecular weight is 298 g/mol. The molecule has 0 saturated heterocycles. The molecule has 1 aromatic heterocycles. The number of rotatable bonds is 7. The topological polar surface area (TPSA) is 12.0 Å². The largest absolute Gasteiger partial charge is 0.314 e. The van der Waals surface area contributed by atoms with E-state index >= 15 is 0 Å². The molecular weight excluding hydrogens is 274 g/mol. The maximum atomic E-state index is 6.02. The van der Waals surface area contributed by atoms with Crippen molar-refractivity contribution in [1.29, 1.82) is 0 Å². The van der Waals surface area contributed by atoms with Crippen LogP contribution in [0.2, 0.25) is 4.34 Å². The first-order valence-electron chi connectivity index (χ1n) is 7.73. The zero-order valence-electron chi connectivity index (χ0n) is 11.6. The first kappa shape index (κ1) is 13.9. The van der Waals surface area contributed by atoms with Gasteiger partial charge >= 0.3 is 0 Å². The summed E-state index contributed by atoms with van der Waals surface area (Å²) in [4.78, 5) is 1.46. The van der Waals surface area contributed by atoms with E-state index < -0.39 is 0 Å². The Morgan fingerprint density at radius 3 is 2.63 bits per heavy atom. The SMILES string of the molecule is Clc1ccc(CCC2(CCNC3CC3)CCCC2)s1. The fourth-order valence-electron chi connectivity index (χ4n) is 3.45. The summed E-state index contributed by atoms with van der Waals surface area (Å²) in [6.07, 6.45) is 12.5. The molecule has 0 aliphatic heterocycles. The van der Waals surface area contributed by atoms with Gasteiger partial charge in [-0.2, -0.15) is 0 Å². The fraction of sp³-hybridized carbons (Fsp3) is 0.750. The van der Waals surface area contributed by atoms with Gasteiger partial charge in [-0.25, -0.2) is 0 Å². The van der Waals surface area contributed by atoms with Crippen molar-refractivity contribution in [3.05, 3.63) is 21.3 Å². The zero-order chi connectivity index (χ0) is 13.1. The van der Waals surface area contributed by atoms with E-state index in [-0.39, 0.29) is 0 Å². The van der Waals surface area contributed by atoms with Gasteiger partial charge in [0.15, 0.2) is 0 Å². The van der Waals surface area contributed by atoms with Gasteiger partial charge in [0, 0.05) is 10.9 Å². The van der Waals surface area contributed by atoms with Crippen LogP contribution in [0.5, 0.6) is 0 Å². The lowest BCUT2D eigenvalue weighted by atomic mass is 9.78. The van der Waals surface area contributed by atoms with Gasteiger partial charge in [-0.1, -0.05) is 24.4 Å². The van der Waals surface area contributed by atoms with Crippen molar-refractivity contribution in [2.24, 2.45) is 5.41 Å². The Hall–Kier alpha value is -0.0500. The molecule has 19 heavy (non-hydrogen) atoms. The van der Waals surface area contributed by atoms with Crippen molar-refractivity contribution in [3.63, 3.8) is 0 Å². The molecule has 2 aliphatic carbocycles. The summed E-state index contributed by atoms with van der Waals surface area (Å²) in [5.74, 6) is 0. The Kier molecular flexibility index (Phi) is 4.51. The number of hydrogen-bond acceptors (Lipinski definition) is 2. The summed E-state index contributed by atoms with van der Waals surface area (Å²) in [6.45, 7) is 1.23. The molecule has 0 bridgehead atoms. The highest BCUT2D eigenvalue weighted by Crippen LogP contribution is 2.45. The molecular formula is C16H24ClNS. The normalized spacial score (nSPS) is 21.9. The Morgan fingerprint density at radius 2 is 2.00 bits per heavy atom. The second kappa shape index (κ2) is 6.15. The van der Waals surface area contributed by atoms with E-state index in [1.54, 1.807) is 11.3 Å². The van der Waals surface area contributed by atoms with Crippen LogP contribution < -0.4 is 5.32 Å². The van der Waals surface area contributed by atoms with Gasteiger partial charge in [0.2, 0.25) is 0 Å². The van der Waals surface area contributed by atoms with Gasteiger partial charge in [-0.15, -0.1) is 11.3 Å². The van der Waals surface area contributed by atoms with Crippen LogP contribution >= 0.6 is 22.9 Å². The summed E-state index contributed by atoms with van der Waals surface area (Å²) < 4.78 is 0.936. The van der Waals surface area contributed by atoms with Crippen LogP contribution in [-0.4, -0.2) is 12.6 Å². The highest BCUT2D eigenvalue weighted by Gasteiger charge is 2.33. The van der Waals surface area contributed by atoms with Crippen LogP contribution in [0.4, 0.5) is 0 Å². The van der Waals surface area contributed by atoms with Crippen LogP contribution in [0.15, 0.2) is 12.1 Å². The van der Waals surface area contributed by atoms with Gasteiger partial charge < -0.3 is 5.32 Å². The quantitative estimate of drug-likeness (QED) is 0.744. The van der Waals surface area contributed by atoms with Crippen molar-refractivity contribution in [2.75, 3.05) is 6.54 Å². The molecule has 1 nitrogen and oxygen atoms in total. The summed E-state index contributed by atoms with van der Waals surface area (Å²) in [6, 6.07) is 5.10. The van der Waals surface area contributed by atoms with Crippen molar-refractivity contribution >= 4 is 22.9 Å². The lowest BCUT2D eigenvalue weighted by Crippen LogP contribution is -2.26. The minimum Gasteiger partial charge on any atom is -0.314 e. The molecule has 2 aliphatic rings. The molecule has 0 atom stereocenters. The Bertz CT molecular complexity index is 405. The summed E-state index contributed by atoms with van der Waals surface area (Å²) in [7, 11) is 0. The van der Waals surface area contributed by atoms with Gasteiger partial charge in [0.1, 0.15) is 0 Å². The van der Waals surface area contributed by atoms with Crippen LogP contribution in [0.1, 0.15) is 56.2 Å². The fourth-order valence-corrected chi connectivity index (χ4v) is 4.54. The van der Waals surface area contributed by atoms with Crippen molar-refractivity contribution in [2.45, 2.75) is 63.8 Å². The maximum absolute atomic E-state index is 6.02. The van der Waals surface area contributed by atoms with Crippen molar-refractivity contribution in [1.82, 2.24) is 5.32 Å². The predicted octanol–water partition coefficient (Wildman–Crippen LogP) is 5.04.